The number of carbonyl (C=O) groups is 1. The fraction of sp³-hybridized carbons (Fsp3) is 0.0556. The fourth-order valence-corrected chi connectivity index (χ4v) is 3.89. The number of fused-ring (bicyclic) bond motifs is 4. The molecule has 0 saturated heterocycles. The number of aromatic nitrogens is 5. The van der Waals surface area contributed by atoms with Crippen molar-refractivity contribution in [1.29, 1.82) is 0 Å². The summed E-state index contributed by atoms with van der Waals surface area (Å²) in [6, 6.07) is 15.7. The van der Waals surface area contributed by atoms with Crippen LogP contribution in [0.25, 0.3) is 27.7 Å². The molecule has 5 aromatic rings. The third kappa shape index (κ3) is 2.24. The molecular weight excluding hydrogens is 334 g/mol. The number of carbonyl (C=O) groups excluding carboxylic acids is 1. The second-order valence-corrected chi connectivity index (χ2v) is 6.67. The Morgan fingerprint density at radius 3 is 2.92 bits per heavy atom. The predicted octanol–water partition coefficient (Wildman–Crippen LogP) is 3.67. The van der Waals surface area contributed by atoms with Gasteiger partial charge in [-0.15, -0.1) is 5.10 Å². The van der Waals surface area contributed by atoms with Crippen molar-refractivity contribution < 1.29 is 4.79 Å². The third-order valence-electron chi connectivity index (χ3n) is 4.23. The molecule has 0 radical (unpaired) electrons. The third-order valence-corrected chi connectivity index (χ3v) is 5.16. The molecule has 122 valence electrons. The number of thioether (sulfide) groups is 1. The molecule has 3 aromatic heterocycles. The first-order chi connectivity index (χ1) is 12.3. The van der Waals surface area contributed by atoms with Gasteiger partial charge >= 0.3 is 0 Å². The molecule has 0 spiro atoms. The van der Waals surface area contributed by atoms with Crippen LogP contribution in [0.15, 0.2) is 59.9 Å². The molecule has 0 saturated carbocycles. The Labute approximate surface area is 146 Å². The van der Waals surface area contributed by atoms with Gasteiger partial charge in [0, 0.05) is 22.7 Å². The maximum absolute atomic E-state index is 12.6. The van der Waals surface area contributed by atoms with Crippen molar-refractivity contribution in [2.24, 2.45) is 0 Å². The highest BCUT2D eigenvalue weighted by molar-refractivity contribution is 7.99. The Balaban J connectivity index is 1.46. The topological polar surface area (TPSA) is 78.8 Å². The van der Waals surface area contributed by atoms with Gasteiger partial charge < -0.3 is 4.98 Å². The normalized spacial score (nSPS) is 11.7. The number of aromatic amines is 2. The molecule has 0 atom stereocenters. The van der Waals surface area contributed by atoms with Crippen LogP contribution in [-0.2, 0) is 0 Å². The van der Waals surface area contributed by atoms with Crippen LogP contribution in [0.5, 0.6) is 0 Å². The van der Waals surface area contributed by atoms with Gasteiger partial charge in [0.25, 0.3) is 0 Å². The van der Waals surface area contributed by atoms with E-state index >= 15 is 0 Å². The van der Waals surface area contributed by atoms with Crippen molar-refractivity contribution in [2.75, 3.05) is 5.75 Å². The van der Waals surface area contributed by atoms with Crippen LogP contribution in [0.1, 0.15) is 10.4 Å². The largest absolute Gasteiger partial charge is 0.360 e. The molecule has 5 rings (SSSR count). The van der Waals surface area contributed by atoms with E-state index in [0.717, 1.165) is 27.1 Å². The average molecular weight is 347 g/mol. The molecule has 6 nitrogen and oxygen atoms in total. The van der Waals surface area contributed by atoms with E-state index in [0.29, 0.717) is 17.1 Å². The summed E-state index contributed by atoms with van der Waals surface area (Å²) in [5.41, 5.74) is 3.57. The highest BCUT2D eigenvalue weighted by atomic mass is 32.2. The summed E-state index contributed by atoms with van der Waals surface area (Å²) in [5, 5.41) is 8.91. The molecule has 2 aromatic carbocycles. The summed E-state index contributed by atoms with van der Waals surface area (Å²) in [7, 11) is 0. The SMILES string of the molecule is O=C(CSc1n[nH]c2nc3ccccc3n12)c1c[nH]c2ccccc12. The second-order valence-electron chi connectivity index (χ2n) is 5.73. The number of hydrogen-bond donors (Lipinski definition) is 2. The zero-order chi connectivity index (χ0) is 16.8. The second kappa shape index (κ2) is 5.49. The molecule has 2 N–H and O–H groups in total. The fourth-order valence-electron chi connectivity index (χ4n) is 3.05. The number of H-pyrrole nitrogens is 2. The molecule has 0 amide bonds. The van der Waals surface area contributed by atoms with Crippen molar-refractivity contribution in [3.05, 3.63) is 60.3 Å². The Kier molecular flexibility index (Phi) is 3.14. The molecule has 0 aliphatic rings. The number of nitrogens with zero attached hydrogens (tertiary/aromatic N) is 3. The highest BCUT2D eigenvalue weighted by Gasteiger charge is 2.16. The number of imidazole rings is 1. The highest BCUT2D eigenvalue weighted by Crippen LogP contribution is 2.25. The van der Waals surface area contributed by atoms with Crippen LogP contribution in [0.2, 0.25) is 0 Å². The molecule has 0 aliphatic carbocycles. The minimum absolute atomic E-state index is 0.0722. The van der Waals surface area contributed by atoms with E-state index in [1.54, 1.807) is 6.20 Å². The van der Waals surface area contributed by atoms with Gasteiger partial charge in [-0.25, -0.2) is 10.1 Å². The summed E-state index contributed by atoms with van der Waals surface area (Å²) in [6.45, 7) is 0. The van der Waals surface area contributed by atoms with Gasteiger partial charge in [-0.05, 0) is 18.2 Å². The van der Waals surface area contributed by atoms with E-state index < -0.39 is 0 Å². The zero-order valence-electron chi connectivity index (χ0n) is 13.1. The molecule has 0 fully saturated rings. The quantitative estimate of drug-likeness (QED) is 0.384. The summed E-state index contributed by atoms with van der Waals surface area (Å²) < 4.78 is 1.95. The lowest BCUT2D eigenvalue weighted by Gasteiger charge is -1.99. The summed E-state index contributed by atoms with van der Waals surface area (Å²) in [4.78, 5) is 20.3. The summed E-state index contributed by atoms with van der Waals surface area (Å²) in [5.74, 6) is 1.07. The number of hydrogen-bond acceptors (Lipinski definition) is 4. The Morgan fingerprint density at radius 2 is 1.96 bits per heavy atom. The monoisotopic (exact) mass is 347 g/mol. The molecule has 0 bridgehead atoms. The molecule has 0 aliphatic heterocycles. The lowest BCUT2D eigenvalue weighted by molar-refractivity contribution is 0.102. The molecule has 25 heavy (non-hydrogen) atoms. The molecule has 0 unspecified atom stereocenters. The van der Waals surface area contributed by atoms with Gasteiger partial charge in [0.05, 0.1) is 16.8 Å². The van der Waals surface area contributed by atoms with Crippen molar-refractivity contribution in [3.63, 3.8) is 0 Å². The van der Waals surface area contributed by atoms with Crippen LogP contribution >= 0.6 is 11.8 Å². The van der Waals surface area contributed by atoms with Crippen molar-refractivity contribution in [3.8, 4) is 0 Å². The van der Waals surface area contributed by atoms with Crippen LogP contribution in [-0.4, -0.2) is 36.1 Å². The average Bonchev–Trinajstić information content (AvgIpc) is 3.33. The van der Waals surface area contributed by atoms with Crippen molar-refractivity contribution in [1.82, 2.24) is 24.6 Å². The van der Waals surface area contributed by atoms with Gasteiger partial charge in [-0.1, -0.05) is 42.1 Å². The number of Topliss-reactive ketones (excluding diaryl/α,β-unsaturated/α-hetero) is 1. The minimum Gasteiger partial charge on any atom is -0.360 e. The maximum Gasteiger partial charge on any atom is 0.231 e. The van der Waals surface area contributed by atoms with E-state index in [2.05, 4.69) is 20.2 Å². The first-order valence-corrected chi connectivity index (χ1v) is 8.83. The predicted molar refractivity (Wildman–Crippen MR) is 98.2 cm³/mol. The number of nitrogens with one attached hydrogen (secondary N) is 2. The zero-order valence-corrected chi connectivity index (χ0v) is 13.9. The molecule has 7 heteroatoms. The smallest absolute Gasteiger partial charge is 0.231 e. The standard InChI is InChI=1S/C18H13N5OS/c24-16(12-9-19-13-6-2-1-5-11(12)13)10-25-18-22-21-17-20-14-7-3-4-8-15(14)23(17)18/h1-9,19H,10H2,(H,20,21). The number of ketones is 1. The molecule has 3 heterocycles. The first-order valence-electron chi connectivity index (χ1n) is 7.85. The van der Waals surface area contributed by atoms with Gasteiger partial charge in [0.1, 0.15) is 0 Å². The lowest BCUT2D eigenvalue weighted by Crippen LogP contribution is -2.02. The minimum atomic E-state index is 0.0722. The number of rotatable bonds is 4. The Hall–Kier alpha value is -3.06. The van der Waals surface area contributed by atoms with Crippen molar-refractivity contribution >= 4 is 45.3 Å². The van der Waals surface area contributed by atoms with Gasteiger partial charge in [0.15, 0.2) is 10.9 Å². The van der Waals surface area contributed by atoms with E-state index in [4.69, 9.17) is 0 Å². The maximum atomic E-state index is 12.6. The van der Waals surface area contributed by atoms with Crippen LogP contribution in [0, 0.1) is 0 Å². The van der Waals surface area contributed by atoms with E-state index in [1.807, 2.05) is 52.9 Å². The number of benzene rings is 2. The van der Waals surface area contributed by atoms with Crippen LogP contribution in [0.4, 0.5) is 0 Å². The van der Waals surface area contributed by atoms with E-state index in [-0.39, 0.29) is 5.78 Å². The van der Waals surface area contributed by atoms with Crippen LogP contribution < -0.4 is 0 Å². The lowest BCUT2D eigenvalue weighted by atomic mass is 10.1. The summed E-state index contributed by atoms with van der Waals surface area (Å²) in [6.07, 6.45) is 1.78. The molecular formula is C18H13N5OS. The van der Waals surface area contributed by atoms with Gasteiger partial charge in [-0.3, -0.25) is 9.20 Å². The van der Waals surface area contributed by atoms with Crippen molar-refractivity contribution in [2.45, 2.75) is 5.16 Å². The Morgan fingerprint density at radius 1 is 1.12 bits per heavy atom. The Bertz CT molecular complexity index is 1230. The van der Waals surface area contributed by atoms with E-state index in [1.165, 1.54) is 11.8 Å². The summed E-state index contributed by atoms with van der Waals surface area (Å²) >= 11 is 1.41. The number of para-hydroxylation sites is 3. The van der Waals surface area contributed by atoms with Gasteiger partial charge in [0.2, 0.25) is 5.78 Å². The van der Waals surface area contributed by atoms with Crippen LogP contribution in [0.3, 0.4) is 0 Å². The van der Waals surface area contributed by atoms with Gasteiger partial charge in [-0.2, -0.15) is 0 Å². The first kappa shape index (κ1) is 14.3. The van der Waals surface area contributed by atoms with E-state index in [9.17, 15) is 4.79 Å².